The molecule has 0 saturated carbocycles. The first-order valence-corrected chi connectivity index (χ1v) is 8.80. The normalized spacial score (nSPS) is 12.0. The SMILES string of the molecule is CCOC(C(=O)O[C@H](C)C(=O)NC(=O)OC)(c1ccccc1)c1ccccc1. The minimum atomic E-state index is -1.56. The van der Waals surface area contributed by atoms with Crippen molar-refractivity contribution in [3.05, 3.63) is 71.8 Å². The summed E-state index contributed by atoms with van der Waals surface area (Å²) in [5.41, 5.74) is -0.431. The Morgan fingerprint density at radius 3 is 1.89 bits per heavy atom. The van der Waals surface area contributed by atoms with Crippen LogP contribution in [0.3, 0.4) is 0 Å². The van der Waals surface area contributed by atoms with Crippen LogP contribution in [0.25, 0.3) is 0 Å². The van der Waals surface area contributed by atoms with Crippen molar-refractivity contribution in [2.24, 2.45) is 0 Å². The van der Waals surface area contributed by atoms with E-state index in [1.807, 2.05) is 17.4 Å². The Bertz CT molecular complexity index is 767. The van der Waals surface area contributed by atoms with Gasteiger partial charge in [0.1, 0.15) is 0 Å². The Labute approximate surface area is 163 Å². The molecule has 0 bridgehead atoms. The number of hydrogen-bond acceptors (Lipinski definition) is 6. The van der Waals surface area contributed by atoms with Crippen LogP contribution in [0, 0.1) is 0 Å². The van der Waals surface area contributed by atoms with Crippen molar-refractivity contribution in [1.29, 1.82) is 0 Å². The zero-order valence-electron chi connectivity index (χ0n) is 16.0. The van der Waals surface area contributed by atoms with Crippen LogP contribution in [0.5, 0.6) is 0 Å². The van der Waals surface area contributed by atoms with Gasteiger partial charge in [0.2, 0.25) is 5.60 Å². The fourth-order valence-corrected chi connectivity index (χ4v) is 2.74. The predicted molar refractivity (Wildman–Crippen MR) is 101 cm³/mol. The second-order valence-corrected chi connectivity index (χ2v) is 5.87. The first-order valence-electron chi connectivity index (χ1n) is 8.80. The van der Waals surface area contributed by atoms with Crippen LogP contribution in [-0.4, -0.2) is 37.8 Å². The van der Waals surface area contributed by atoms with Gasteiger partial charge >= 0.3 is 12.1 Å². The molecule has 0 aliphatic heterocycles. The van der Waals surface area contributed by atoms with Crippen LogP contribution < -0.4 is 5.32 Å². The van der Waals surface area contributed by atoms with E-state index in [2.05, 4.69) is 4.74 Å². The molecule has 0 heterocycles. The molecule has 0 unspecified atom stereocenters. The molecular formula is C21H23NO6. The van der Waals surface area contributed by atoms with Gasteiger partial charge in [0.05, 0.1) is 7.11 Å². The summed E-state index contributed by atoms with van der Waals surface area (Å²) in [5, 5.41) is 1.98. The molecule has 7 nitrogen and oxygen atoms in total. The van der Waals surface area contributed by atoms with E-state index in [0.29, 0.717) is 11.1 Å². The Morgan fingerprint density at radius 1 is 0.964 bits per heavy atom. The second kappa shape index (κ2) is 9.66. The van der Waals surface area contributed by atoms with Gasteiger partial charge < -0.3 is 14.2 Å². The molecule has 1 N–H and O–H groups in total. The topological polar surface area (TPSA) is 90.9 Å². The molecule has 2 aromatic carbocycles. The molecule has 148 valence electrons. The Hall–Kier alpha value is -3.19. The molecule has 2 aromatic rings. The van der Waals surface area contributed by atoms with Crippen LogP contribution in [0.2, 0.25) is 0 Å². The standard InChI is InChI=1S/C21H23NO6/c1-4-27-21(16-11-7-5-8-12-16,17-13-9-6-10-14-17)19(24)28-15(2)18(23)22-20(25)26-3/h5-15H,4H2,1-3H3,(H,22,23,25)/t15-/m1/s1. The molecule has 2 rings (SSSR count). The maximum absolute atomic E-state index is 13.3. The smallest absolute Gasteiger partial charge is 0.413 e. The molecule has 0 spiro atoms. The third-order valence-electron chi connectivity index (χ3n) is 4.07. The fourth-order valence-electron chi connectivity index (χ4n) is 2.74. The van der Waals surface area contributed by atoms with Crippen LogP contribution in [-0.2, 0) is 29.4 Å². The zero-order chi connectivity index (χ0) is 20.6. The number of amides is 2. The van der Waals surface area contributed by atoms with E-state index in [0.717, 1.165) is 7.11 Å². The highest BCUT2D eigenvalue weighted by Crippen LogP contribution is 2.35. The summed E-state index contributed by atoms with van der Waals surface area (Å²) >= 11 is 0. The van der Waals surface area contributed by atoms with Crippen molar-refractivity contribution in [3.63, 3.8) is 0 Å². The van der Waals surface area contributed by atoms with Gasteiger partial charge in [0.15, 0.2) is 6.10 Å². The highest BCUT2D eigenvalue weighted by Gasteiger charge is 2.46. The number of ether oxygens (including phenoxy) is 3. The number of nitrogens with one attached hydrogen (secondary N) is 1. The molecular weight excluding hydrogens is 362 g/mol. The first kappa shape index (κ1) is 21.1. The summed E-state index contributed by atoms with van der Waals surface area (Å²) in [6.07, 6.45) is -2.17. The number of carbonyl (C=O) groups is 3. The van der Waals surface area contributed by atoms with Gasteiger partial charge in [-0.1, -0.05) is 60.7 Å². The summed E-state index contributed by atoms with van der Waals surface area (Å²) in [6.45, 7) is 3.35. The minimum absolute atomic E-state index is 0.224. The van der Waals surface area contributed by atoms with E-state index in [-0.39, 0.29) is 6.61 Å². The zero-order valence-corrected chi connectivity index (χ0v) is 16.0. The summed E-state index contributed by atoms with van der Waals surface area (Å²) in [6, 6.07) is 17.8. The van der Waals surface area contributed by atoms with Gasteiger partial charge in [-0.05, 0) is 25.0 Å². The van der Waals surface area contributed by atoms with Crippen molar-refractivity contribution in [2.75, 3.05) is 13.7 Å². The number of carbonyl (C=O) groups excluding carboxylic acids is 3. The lowest BCUT2D eigenvalue weighted by atomic mass is 9.86. The van der Waals surface area contributed by atoms with Gasteiger partial charge in [0, 0.05) is 6.61 Å². The summed E-state index contributed by atoms with van der Waals surface area (Å²) < 4.78 is 15.7. The Balaban J connectivity index is 2.42. The maximum Gasteiger partial charge on any atom is 0.413 e. The van der Waals surface area contributed by atoms with Crippen molar-refractivity contribution >= 4 is 18.0 Å². The highest BCUT2D eigenvalue weighted by atomic mass is 16.6. The van der Waals surface area contributed by atoms with Gasteiger partial charge in [-0.25, -0.2) is 9.59 Å². The summed E-state index contributed by atoms with van der Waals surface area (Å²) in [4.78, 5) is 36.6. The van der Waals surface area contributed by atoms with Crippen LogP contribution in [0.1, 0.15) is 25.0 Å². The molecule has 0 aliphatic carbocycles. The maximum atomic E-state index is 13.3. The molecule has 0 aromatic heterocycles. The number of rotatable bonds is 7. The van der Waals surface area contributed by atoms with Gasteiger partial charge in [-0.3, -0.25) is 10.1 Å². The molecule has 0 saturated heterocycles. The molecule has 7 heteroatoms. The van der Waals surface area contributed by atoms with Crippen molar-refractivity contribution in [1.82, 2.24) is 5.32 Å². The minimum Gasteiger partial charge on any atom is -0.453 e. The number of hydrogen-bond donors (Lipinski definition) is 1. The quantitative estimate of drug-likeness (QED) is 0.737. The lowest BCUT2D eigenvalue weighted by Gasteiger charge is -2.33. The van der Waals surface area contributed by atoms with Crippen molar-refractivity contribution < 1.29 is 28.6 Å². The van der Waals surface area contributed by atoms with Gasteiger partial charge in [0.25, 0.3) is 5.91 Å². The van der Waals surface area contributed by atoms with Gasteiger partial charge in [-0.15, -0.1) is 0 Å². The van der Waals surface area contributed by atoms with E-state index >= 15 is 0 Å². The van der Waals surface area contributed by atoms with Crippen LogP contribution in [0.15, 0.2) is 60.7 Å². The van der Waals surface area contributed by atoms with Crippen molar-refractivity contribution in [2.45, 2.75) is 25.6 Å². The number of esters is 1. The van der Waals surface area contributed by atoms with Crippen LogP contribution >= 0.6 is 0 Å². The third-order valence-corrected chi connectivity index (χ3v) is 4.07. The summed E-state index contributed by atoms with van der Waals surface area (Å²) in [5.74, 6) is -1.56. The number of imide groups is 1. The van der Waals surface area contributed by atoms with E-state index < -0.39 is 29.7 Å². The molecule has 1 atom stereocenters. The molecule has 0 aliphatic rings. The molecule has 0 fully saturated rings. The summed E-state index contributed by atoms with van der Waals surface area (Å²) in [7, 11) is 1.13. The number of methoxy groups -OCH3 is 1. The van der Waals surface area contributed by atoms with Crippen molar-refractivity contribution in [3.8, 4) is 0 Å². The second-order valence-electron chi connectivity index (χ2n) is 5.87. The Morgan fingerprint density at radius 2 is 1.46 bits per heavy atom. The fraction of sp³-hybridized carbons (Fsp3) is 0.286. The first-order chi connectivity index (χ1) is 13.5. The van der Waals surface area contributed by atoms with E-state index in [9.17, 15) is 14.4 Å². The number of benzene rings is 2. The monoisotopic (exact) mass is 385 g/mol. The average Bonchev–Trinajstić information content (AvgIpc) is 2.72. The predicted octanol–water partition coefficient (Wildman–Crippen LogP) is 2.78. The lowest BCUT2D eigenvalue weighted by Crippen LogP contribution is -2.46. The molecule has 2 amide bonds. The molecule has 0 radical (unpaired) electrons. The number of alkyl carbamates (subject to hydrolysis) is 1. The van der Waals surface area contributed by atoms with E-state index in [1.165, 1.54) is 6.92 Å². The molecule has 28 heavy (non-hydrogen) atoms. The van der Waals surface area contributed by atoms with E-state index in [1.54, 1.807) is 55.5 Å². The Kier molecular flexibility index (Phi) is 7.28. The largest absolute Gasteiger partial charge is 0.453 e. The van der Waals surface area contributed by atoms with E-state index in [4.69, 9.17) is 9.47 Å². The average molecular weight is 385 g/mol. The third kappa shape index (κ3) is 4.55. The van der Waals surface area contributed by atoms with Crippen LogP contribution in [0.4, 0.5) is 4.79 Å². The lowest BCUT2D eigenvalue weighted by molar-refractivity contribution is -0.175. The highest BCUT2D eigenvalue weighted by molar-refractivity contribution is 5.96. The van der Waals surface area contributed by atoms with Gasteiger partial charge in [-0.2, -0.15) is 0 Å².